The van der Waals surface area contributed by atoms with Crippen LogP contribution < -0.4 is 4.74 Å². The molecule has 0 aliphatic heterocycles. The predicted octanol–water partition coefficient (Wildman–Crippen LogP) is 4.00. The minimum atomic E-state index is -0.544. The highest BCUT2D eigenvalue weighted by Gasteiger charge is 2.31. The molecule has 1 aliphatic carbocycles. The van der Waals surface area contributed by atoms with Crippen molar-refractivity contribution in [2.45, 2.75) is 32.6 Å². The van der Waals surface area contributed by atoms with Crippen molar-refractivity contribution >= 4 is 5.69 Å². The molecule has 0 radical (unpaired) electrons. The number of hydrogen-bond acceptors (Lipinski definition) is 8. The summed E-state index contributed by atoms with van der Waals surface area (Å²) in [6.45, 7) is 3.59. The zero-order valence-electron chi connectivity index (χ0n) is 15.8. The Labute approximate surface area is 166 Å². The summed E-state index contributed by atoms with van der Waals surface area (Å²) in [6.07, 6.45) is 4.96. The van der Waals surface area contributed by atoms with Gasteiger partial charge in [0.25, 0.3) is 5.88 Å². The van der Waals surface area contributed by atoms with Crippen LogP contribution in [0.4, 0.5) is 5.69 Å². The normalized spacial score (nSPS) is 13.0. The molecule has 144 valence electrons. The SMILES string of the molecule is Cc1nc(C)c(Oc2nc(-c3cncc(C#N)c3)ccc2[N+](=O)[O-])c(C2CC2)n1. The second-order valence-electron chi connectivity index (χ2n) is 6.80. The third-order valence-electron chi connectivity index (χ3n) is 4.54. The van der Waals surface area contributed by atoms with Gasteiger partial charge in [0.2, 0.25) is 0 Å². The highest BCUT2D eigenvalue weighted by molar-refractivity contribution is 5.63. The molecular weight excluding hydrogens is 372 g/mol. The van der Waals surface area contributed by atoms with Crippen LogP contribution in [0.1, 0.15) is 41.5 Å². The third-order valence-corrected chi connectivity index (χ3v) is 4.54. The molecule has 0 spiro atoms. The zero-order valence-corrected chi connectivity index (χ0v) is 15.8. The van der Waals surface area contributed by atoms with E-state index < -0.39 is 4.92 Å². The summed E-state index contributed by atoms with van der Waals surface area (Å²) in [5, 5.41) is 20.6. The molecule has 3 aromatic rings. The summed E-state index contributed by atoms with van der Waals surface area (Å²) in [6, 6.07) is 6.46. The smallest absolute Gasteiger partial charge is 0.331 e. The second kappa shape index (κ2) is 7.24. The molecule has 1 saturated carbocycles. The zero-order chi connectivity index (χ0) is 20.5. The first-order valence-corrected chi connectivity index (χ1v) is 9.00. The molecule has 3 heterocycles. The van der Waals surface area contributed by atoms with Crippen molar-refractivity contribution in [3.05, 3.63) is 63.5 Å². The summed E-state index contributed by atoms with van der Waals surface area (Å²) < 4.78 is 5.94. The van der Waals surface area contributed by atoms with E-state index in [1.165, 1.54) is 24.5 Å². The molecule has 9 nitrogen and oxygen atoms in total. The fourth-order valence-corrected chi connectivity index (χ4v) is 3.03. The summed E-state index contributed by atoms with van der Waals surface area (Å²) >= 11 is 0. The fourth-order valence-electron chi connectivity index (χ4n) is 3.03. The Morgan fingerprint density at radius 1 is 1.21 bits per heavy atom. The maximum absolute atomic E-state index is 11.5. The van der Waals surface area contributed by atoms with Gasteiger partial charge in [0, 0.05) is 29.9 Å². The average molecular weight is 388 g/mol. The summed E-state index contributed by atoms with van der Waals surface area (Å²) in [7, 11) is 0. The first-order chi connectivity index (χ1) is 14.0. The van der Waals surface area contributed by atoms with E-state index in [-0.39, 0.29) is 17.5 Å². The van der Waals surface area contributed by atoms with Gasteiger partial charge in [0.15, 0.2) is 5.75 Å². The Morgan fingerprint density at radius 3 is 2.69 bits per heavy atom. The monoisotopic (exact) mass is 388 g/mol. The van der Waals surface area contributed by atoms with E-state index in [0.29, 0.717) is 34.1 Å². The largest absolute Gasteiger partial charge is 0.430 e. The van der Waals surface area contributed by atoms with Gasteiger partial charge in [-0.3, -0.25) is 15.1 Å². The van der Waals surface area contributed by atoms with Gasteiger partial charge < -0.3 is 4.74 Å². The van der Waals surface area contributed by atoms with Crippen LogP contribution in [0.2, 0.25) is 0 Å². The van der Waals surface area contributed by atoms with Crippen LogP contribution in [0.5, 0.6) is 11.6 Å². The van der Waals surface area contributed by atoms with Crippen LogP contribution in [0.15, 0.2) is 30.6 Å². The topological polar surface area (TPSA) is 128 Å². The lowest BCUT2D eigenvalue weighted by Gasteiger charge is -2.13. The van der Waals surface area contributed by atoms with E-state index in [2.05, 4.69) is 19.9 Å². The Hall–Kier alpha value is -3.93. The van der Waals surface area contributed by atoms with Crippen LogP contribution >= 0.6 is 0 Å². The summed E-state index contributed by atoms with van der Waals surface area (Å²) in [5.74, 6) is 1.17. The molecule has 0 aromatic carbocycles. The van der Waals surface area contributed by atoms with Gasteiger partial charge in [0.05, 0.1) is 27.6 Å². The number of nitriles is 1. The summed E-state index contributed by atoms with van der Waals surface area (Å²) in [5.41, 5.74) is 2.43. The second-order valence-corrected chi connectivity index (χ2v) is 6.80. The van der Waals surface area contributed by atoms with Crippen molar-refractivity contribution in [1.82, 2.24) is 19.9 Å². The Morgan fingerprint density at radius 2 is 2.00 bits per heavy atom. The molecule has 29 heavy (non-hydrogen) atoms. The molecular formula is C20H16N6O3. The third kappa shape index (κ3) is 3.73. The molecule has 0 atom stereocenters. The molecule has 0 amide bonds. The van der Waals surface area contributed by atoms with Gasteiger partial charge in [-0.1, -0.05) is 0 Å². The minimum absolute atomic E-state index is 0.146. The van der Waals surface area contributed by atoms with Crippen molar-refractivity contribution < 1.29 is 9.66 Å². The first-order valence-electron chi connectivity index (χ1n) is 9.00. The van der Waals surface area contributed by atoms with Crippen molar-refractivity contribution in [2.75, 3.05) is 0 Å². The Bertz CT molecular complexity index is 1170. The predicted molar refractivity (Wildman–Crippen MR) is 102 cm³/mol. The maximum Gasteiger partial charge on any atom is 0.331 e. The van der Waals surface area contributed by atoms with E-state index in [1.807, 2.05) is 6.07 Å². The standard InChI is InChI=1S/C20H16N6O3/c1-11-19(18(14-3-4-14)24-12(2)23-11)29-20-17(26(27)28)6-5-16(25-20)15-7-13(8-21)9-22-10-15/h5-7,9-10,14H,3-4H2,1-2H3. The molecule has 4 rings (SSSR count). The number of aryl methyl sites for hydroxylation is 2. The van der Waals surface area contributed by atoms with Gasteiger partial charge in [-0.2, -0.15) is 5.26 Å². The van der Waals surface area contributed by atoms with Crippen molar-refractivity contribution in [2.24, 2.45) is 0 Å². The molecule has 9 heteroatoms. The van der Waals surface area contributed by atoms with Crippen LogP contribution in [0.25, 0.3) is 11.3 Å². The van der Waals surface area contributed by atoms with E-state index in [9.17, 15) is 10.1 Å². The average Bonchev–Trinajstić information content (AvgIpc) is 3.55. The van der Waals surface area contributed by atoms with Crippen LogP contribution in [-0.4, -0.2) is 24.9 Å². The molecule has 1 fully saturated rings. The lowest BCUT2D eigenvalue weighted by Crippen LogP contribution is -2.04. The van der Waals surface area contributed by atoms with Crippen LogP contribution in [0.3, 0.4) is 0 Å². The first kappa shape index (κ1) is 18.4. The lowest BCUT2D eigenvalue weighted by atomic mass is 10.1. The minimum Gasteiger partial charge on any atom is -0.430 e. The molecule has 0 unspecified atom stereocenters. The van der Waals surface area contributed by atoms with Crippen molar-refractivity contribution in [3.63, 3.8) is 0 Å². The van der Waals surface area contributed by atoms with E-state index in [1.54, 1.807) is 19.9 Å². The van der Waals surface area contributed by atoms with E-state index >= 15 is 0 Å². The number of nitrogens with zero attached hydrogens (tertiary/aromatic N) is 6. The number of pyridine rings is 2. The molecule has 1 aliphatic rings. The van der Waals surface area contributed by atoms with Gasteiger partial charge in [0.1, 0.15) is 11.9 Å². The van der Waals surface area contributed by atoms with E-state index in [0.717, 1.165) is 18.5 Å². The Balaban J connectivity index is 1.81. The molecule has 0 bridgehead atoms. The number of rotatable bonds is 5. The Kier molecular flexibility index (Phi) is 4.60. The number of aromatic nitrogens is 4. The summed E-state index contributed by atoms with van der Waals surface area (Å²) in [4.78, 5) is 28.2. The molecule has 0 N–H and O–H groups in total. The van der Waals surface area contributed by atoms with Gasteiger partial charge in [-0.05, 0) is 38.8 Å². The van der Waals surface area contributed by atoms with Crippen molar-refractivity contribution in [1.29, 1.82) is 5.26 Å². The number of ether oxygens (including phenoxy) is 1. The highest BCUT2D eigenvalue weighted by atomic mass is 16.6. The van der Waals surface area contributed by atoms with E-state index in [4.69, 9.17) is 10.00 Å². The van der Waals surface area contributed by atoms with Crippen LogP contribution in [-0.2, 0) is 0 Å². The number of nitro groups is 1. The van der Waals surface area contributed by atoms with Gasteiger partial charge in [-0.15, -0.1) is 0 Å². The fraction of sp³-hybridized carbons (Fsp3) is 0.250. The molecule has 3 aromatic heterocycles. The highest BCUT2D eigenvalue weighted by Crippen LogP contribution is 2.45. The number of hydrogen-bond donors (Lipinski definition) is 0. The van der Waals surface area contributed by atoms with Gasteiger partial charge in [-0.25, -0.2) is 15.0 Å². The lowest BCUT2D eigenvalue weighted by molar-refractivity contribution is -0.386. The quantitative estimate of drug-likeness (QED) is 0.474. The van der Waals surface area contributed by atoms with Crippen LogP contribution in [0, 0.1) is 35.3 Å². The van der Waals surface area contributed by atoms with Gasteiger partial charge >= 0.3 is 5.69 Å². The maximum atomic E-state index is 11.5. The van der Waals surface area contributed by atoms with Crippen molar-refractivity contribution in [3.8, 4) is 29.0 Å². The molecule has 0 saturated heterocycles.